The Morgan fingerprint density at radius 2 is 2.03 bits per heavy atom. The number of fused-ring (bicyclic) bond motifs is 2. The Bertz CT molecular complexity index is 1700. The van der Waals surface area contributed by atoms with Gasteiger partial charge in [-0.1, -0.05) is 12.2 Å². The number of nitrogens with one attached hydrogen (secondary N) is 2. The molecule has 7 atom stereocenters. The number of H-pyrrole nitrogens is 2. The Kier molecular flexibility index (Phi) is 6.61. The molecule has 2 fully saturated rings. The lowest BCUT2D eigenvalue weighted by Gasteiger charge is -2.26. The van der Waals surface area contributed by atoms with Gasteiger partial charge in [0.1, 0.15) is 24.2 Å². The number of aliphatic hydroxyl groups is 2. The van der Waals surface area contributed by atoms with E-state index in [-0.39, 0.29) is 48.7 Å². The van der Waals surface area contributed by atoms with Crippen molar-refractivity contribution in [1.82, 2.24) is 34.1 Å². The molecule has 4 aromatic rings. The van der Waals surface area contributed by atoms with E-state index in [0.29, 0.717) is 11.0 Å². The average molecular weight is 581 g/mol. The van der Waals surface area contributed by atoms with Crippen LogP contribution in [0.15, 0.2) is 34.5 Å². The number of hydrogen-bond donors (Lipinski definition) is 6. The van der Waals surface area contributed by atoms with Crippen molar-refractivity contribution in [2.75, 3.05) is 18.9 Å². The van der Waals surface area contributed by atoms with Crippen LogP contribution in [0.4, 0.5) is 5.95 Å². The van der Waals surface area contributed by atoms with E-state index >= 15 is 0 Å². The first-order chi connectivity index (χ1) is 18.7. The maximum atomic E-state index is 13.8. The lowest BCUT2D eigenvalue weighted by atomic mass is 10.2. The molecule has 208 valence electrons. The van der Waals surface area contributed by atoms with E-state index in [9.17, 15) is 24.4 Å². The van der Waals surface area contributed by atoms with Gasteiger partial charge in [-0.3, -0.25) is 23.7 Å². The summed E-state index contributed by atoms with van der Waals surface area (Å²) in [6.45, 7) is -4.39. The summed E-state index contributed by atoms with van der Waals surface area (Å²) in [5.41, 5.74) is 4.51. The number of thiol groups is 1. The minimum Gasteiger partial charge on any atom is -0.394 e. The highest BCUT2D eigenvalue weighted by Gasteiger charge is 2.48. The van der Waals surface area contributed by atoms with Crippen LogP contribution in [0, 0.1) is 0 Å². The summed E-state index contributed by atoms with van der Waals surface area (Å²) in [6, 6.07) is 1.61. The van der Waals surface area contributed by atoms with Crippen LogP contribution in [0.5, 0.6) is 0 Å². The van der Waals surface area contributed by atoms with Gasteiger partial charge in [-0.25, -0.2) is 9.97 Å². The van der Waals surface area contributed by atoms with Crippen molar-refractivity contribution in [2.24, 2.45) is 0 Å². The van der Waals surface area contributed by atoms with Gasteiger partial charge in [0.25, 0.3) is 17.7 Å². The Morgan fingerprint density at radius 1 is 1.21 bits per heavy atom. The number of nitrogens with zero attached hydrogens (tertiary/aromatic N) is 5. The normalized spacial score (nSPS) is 28.9. The molecule has 2 aliphatic heterocycles. The van der Waals surface area contributed by atoms with Gasteiger partial charge in [-0.05, 0) is 12.5 Å². The van der Waals surface area contributed by atoms with Gasteiger partial charge in [-0.15, -0.1) is 0 Å². The number of aliphatic hydroxyl groups excluding tert-OH is 2. The summed E-state index contributed by atoms with van der Waals surface area (Å²) < 4.78 is 34.5. The van der Waals surface area contributed by atoms with Gasteiger partial charge in [0, 0.05) is 12.6 Å². The summed E-state index contributed by atoms with van der Waals surface area (Å²) in [5.74, 6) is -0.134. The van der Waals surface area contributed by atoms with Gasteiger partial charge >= 0.3 is 0 Å². The van der Waals surface area contributed by atoms with E-state index in [2.05, 4.69) is 37.2 Å². The van der Waals surface area contributed by atoms with Crippen molar-refractivity contribution in [3.05, 3.63) is 45.6 Å². The highest BCUT2D eigenvalue weighted by atomic mass is 32.7. The second-order valence-corrected chi connectivity index (χ2v) is 13.1. The third kappa shape index (κ3) is 4.59. The van der Waals surface area contributed by atoms with Crippen molar-refractivity contribution in [3.63, 3.8) is 0 Å². The lowest BCUT2D eigenvalue weighted by Crippen LogP contribution is -2.27. The van der Waals surface area contributed by atoms with Gasteiger partial charge < -0.3 is 39.5 Å². The molecule has 0 spiro atoms. The smallest absolute Gasteiger partial charge is 0.280 e. The molecule has 0 aliphatic carbocycles. The summed E-state index contributed by atoms with van der Waals surface area (Å²) in [4.78, 5) is 41.5. The molecule has 6 N–H and O–H groups in total. The van der Waals surface area contributed by atoms with Crippen LogP contribution in [-0.2, 0) is 18.6 Å². The number of imidazole rings is 1. The number of ether oxygens (including phenoxy) is 2. The van der Waals surface area contributed by atoms with Crippen molar-refractivity contribution in [3.8, 4) is 0 Å². The highest BCUT2D eigenvalue weighted by molar-refractivity contribution is 8.46. The zero-order valence-electron chi connectivity index (χ0n) is 20.2. The second-order valence-electron chi connectivity index (χ2n) is 9.39. The fourth-order valence-electron chi connectivity index (χ4n) is 5.05. The van der Waals surface area contributed by atoms with Crippen LogP contribution in [0.2, 0.25) is 0 Å². The zero-order valence-corrected chi connectivity index (χ0v) is 21.9. The zero-order chi connectivity index (χ0) is 27.5. The topological polar surface area (TPSA) is 225 Å². The minimum atomic E-state index is -3.79. The third-order valence-corrected chi connectivity index (χ3v) is 10.0. The Balaban J connectivity index is 1.21. The number of anilines is 1. The molecule has 0 saturated carbocycles. The second kappa shape index (κ2) is 9.85. The quantitative estimate of drug-likeness (QED) is 0.124. The van der Waals surface area contributed by atoms with Crippen LogP contribution in [0.1, 0.15) is 25.3 Å². The van der Waals surface area contributed by atoms with E-state index < -0.39 is 48.6 Å². The van der Waals surface area contributed by atoms with Gasteiger partial charge in [0.2, 0.25) is 5.95 Å². The molecule has 0 radical (unpaired) electrons. The summed E-state index contributed by atoms with van der Waals surface area (Å²) in [6.07, 6.45) is 0.457. The molecule has 0 aromatic carbocycles. The number of nitrogen functional groups attached to an aromatic ring is 1. The number of aromatic nitrogens is 7. The van der Waals surface area contributed by atoms with Crippen LogP contribution >= 0.6 is 18.8 Å². The minimum absolute atomic E-state index is 0.0106. The van der Waals surface area contributed by atoms with Gasteiger partial charge in [-0.2, -0.15) is 4.98 Å². The molecule has 16 nitrogen and oxygen atoms in total. The average Bonchev–Trinajstić information content (AvgIpc) is 3.67. The van der Waals surface area contributed by atoms with Crippen LogP contribution in [0.25, 0.3) is 22.2 Å². The van der Waals surface area contributed by atoms with E-state index in [1.807, 2.05) is 0 Å². The molecule has 2 aliphatic rings. The first kappa shape index (κ1) is 26.2. The maximum Gasteiger partial charge on any atom is 0.280 e. The van der Waals surface area contributed by atoms with Crippen LogP contribution in [0.3, 0.4) is 0 Å². The first-order valence-electron chi connectivity index (χ1n) is 12.0. The monoisotopic (exact) mass is 580 g/mol. The Hall–Kier alpha value is -3.05. The molecular weight excluding hydrogens is 555 g/mol. The summed E-state index contributed by atoms with van der Waals surface area (Å²) >= 11 is 4.37. The maximum absolute atomic E-state index is 13.8. The van der Waals surface area contributed by atoms with Gasteiger partial charge in [0.15, 0.2) is 11.2 Å². The predicted molar refractivity (Wildman–Crippen MR) is 139 cm³/mol. The number of nitrogens with two attached hydrogens (primary N) is 1. The Morgan fingerprint density at radius 3 is 2.82 bits per heavy atom. The number of aromatic amines is 2. The standard InChI is InChI=1S/C21H25N8O8PS/c22-21-26-17-15(19(33)27-21)25-8-29(17)20-13(3-9(5-30)36-20)38(34,39)35-6-12-11(31)4-14(37-12)28-2-1-10-16(28)23-7-24-18(10)32/h1-2,7-9,11-14,20,30-31H,3-6H2,(H,34,39)(H,23,24,32)(H3,22,26,27,33)/t9-,11-,12+,13+,14+,20+,38?/m0/s1. The lowest BCUT2D eigenvalue weighted by molar-refractivity contribution is -0.0383. The number of rotatable bonds is 7. The summed E-state index contributed by atoms with van der Waals surface area (Å²) in [5, 5.41) is 20.8. The van der Waals surface area contributed by atoms with Gasteiger partial charge in [0.05, 0.1) is 49.1 Å². The largest absolute Gasteiger partial charge is 0.394 e. The fraction of sp³-hybridized carbons (Fsp3) is 0.476. The molecule has 6 rings (SSSR count). The van der Waals surface area contributed by atoms with Crippen molar-refractivity contribution in [2.45, 2.75) is 49.3 Å². The molecule has 6 heterocycles. The molecule has 39 heavy (non-hydrogen) atoms. The van der Waals surface area contributed by atoms with E-state index in [4.69, 9.17) is 19.7 Å². The molecule has 18 heteroatoms. The van der Waals surface area contributed by atoms with Crippen LogP contribution in [-0.4, -0.2) is 81.5 Å². The predicted octanol–water partition coefficient (Wildman–Crippen LogP) is -0.124. The van der Waals surface area contributed by atoms with E-state index in [1.165, 1.54) is 17.2 Å². The fourth-order valence-corrected chi connectivity index (χ4v) is 7.46. The number of hydrogen-bond acceptors (Lipinski definition) is 12. The molecule has 1 unspecified atom stereocenters. The van der Waals surface area contributed by atoms with Crippen molar-refractivity contribution < 1.29 is 28.8 Å². The summed E-state index contributed by atoms with van der Waals surface area (Å²) in [7, 11) is 0. The molecule has 2 saturated heterocycles. The molecular formula is C21H25N8O8PS. The SMILES string of the molecule is Nc1nc2c(ncn2[C@@H]2O[C@H](CO)C[C@H]2P(=O)(S)OC[C@H]2O[C@@H](n3ccc4c(=O)[nH]cnc43)C[C@@H]2O)c(=O)[nH]1. The Labute approximate surface area is 223 Å². The highest BCUT2D eigenvalue weighted by Crippen LogP contribution is 2.63. The first-order valence-corrected chi connectivity index (χ1v) is 14.8. The van der Waals surface area contributed by atoms with Crippen LogP contribution < -0.4 is 16.9 Å². The molecule has 4 aromatic heterocycles. The third-order valence-electron chi connectivity index (χ3n) is 6.97. The molecule has 0 bridgehead atoms. The van der Waals surface area contributed by atoms with E-state index in [0.717, 1.165) is 0 Å². The van der Waals surface area contributed by atoms with Crippen molar-refractivity contribution >= 4 is 47.0 Å². The van der Waals surface area contributed by atoms with Crippen molar-refractivity contribution in [1.29, 1.82) is 0 Å². The molecule has 0 amide bonds. The van der Waals surface area contributed by atoms with E-state index in [1.54, 1.807) is 16.8 Å².